The lowest BCUT2D eigenvalue weighted by molar-refractivity contribution is -0.117. The van der Waals surface area contributed by atoms with E-state index in [4.69, 9.17) is 4.74 Å². The standard InChI is InChI=1S/C14H19NO2/c1-17-14-5-3-2-4-12(14)8-13(16)10-15-9-11-6-7-11/h2-5,11,15H,6-10H2,1H3. The van der Waals surface area contributed by atoms with Crippen molar-refractivity contribution in [1.82, 2.24) is 5.32 Å². The molecule has 0 atom stereocenters. The lowest BCUT2D eigenvalue weighted by Gasteiger charge is -2.07. The molecule has 0 aliphatic heterocycles. The fourth-order valence-electron chi connectivity index (χ4n) is 1.86. The Morgan fingerprint density at radius 3 is 2.88 bits per heavy atom. The van der Waals surface area contributed by atoms with Crippen LogP contribution in [0.15, 0.2) is 24.3 Å². The largest absolute Gasteiger partial charge is 0.496 e. The summed E-state index contributed by atoms with van der Waals surface area (Å²) in [7, 11) is 1.63. The van der Waals surface area contributed by atoms with Crippen molar-refractivity contribution >= 4 is 5.78 Å². The second-order valence-electron chi connectivity index (χ2n) is 4.60. The third kappa shape index (κ3) is 3.86. The van der Waals surface area contributed by atoms with Crippen LogP contribution in [0.1, 0.15) is 18.4 Å². The zero-order valence-corrected chi connectivity index (χ0v) is 10.2. The molecule has 0 saturated heterocycles. The fraction of sp³-hybridized carbons (Fsp3) is 0.500. The number of para-hydroxylation sites is 1. The molecule has 2 rings (SSSR count). The Morgan fingerprint density at radius 1 is 1.41 bits per heavy atom. The van der Waals surface area contributed by atoms with Crippen LogP contribution in [0, 0.1) is 5.92 Å². The Bertz CT molecular complexity index is 386. The summed E-state index contributed by atoms with van der Waals surface area (Å²) in [6.45, 7) is 1.45. The minimum absolute atomic E-state index is 0.218. The zero-order chi connectivity index (χ0) is 12.1. The number of ketones is 1. The van der Waals surface area contributed by atoms with E-state index in [1.165, 1.54) is 12.8 Å². The third-order valence-electron chi connectivity index (χ3n) is 3.03. The van der Waals surface area contributed by atoms with Crippen LogP contribution in [0.5, 0.6) is 5.75 Å². The number of nitrogens with one attached hydrogen (secondary N) is 1. The van der Waals surface area contributed by atoms with Crippen LogP contribution < -0.4 is 10.1 Å². The summed E-state index contributed by atoms with van der Waals surface area (Å²) in [6.07, 6.45) is 3.07. The molecule has 1 aliphatic carbocycles. The van der Waals surface area contributed by atoms with Gasteiger partial charge in [-0.3, -0.25) is 4.79 Å². The van der Waals surface area contributed by atoms with Gasteiger partial charge in [-0.1, -0.05) is 18.2 Å². The fourth-order valence-corrected chi connectivity index (χ4v) is 1.86. The van der Waals surface area contributed by atoms with E-state index >= 15 is 0 Å². The van der Waals surface area contributed by atoms with Gasteiger partial charge < -0.3 is 10.1 Å². The van der Waals surface area contributed by atoms with Crippen LogP contribution >= 0.6 is 0 Å². The molecule has 0 unspecified atom stereocenters. The van der Waals surface area contributed by atoms with E-state index in [1.807, 2.05) is 24.3 Å². The molecule has 1 N–H and O–H groups in total. The molecule has 1 aromatic rings. The van der Waals surface area contributed by atoms with E-state index in [0.29, 0.717) is 13.0 Å². The molecule has 0 heterocycles. The Hall–Kier alpha value is -1.35. The SMILES string of the molecule is COc1ccccc1CC(=O)CNCC1CC1. The summed E-state index contributed by atoms with van der Waals surface area (Å²) in [6, 6.07) is 7.68. The van der Waals surface area contributed by atoms with Crippen LogP contribution in [0.4, 0.5) is 0 Å². The molecule has 0 aromatic heterocycles. The molecule has 1 aromatic carbocycles. The smallest absolute Gasteiger partial charge is 0.151 e. The van der Waals surface area contributed by atoms with Gasteiger partial charge in [0, 0.05) is 12.0 Å². The second kappa shape index (κ2) is 5.82. The lowest BCUT2D eigenvalue weighted by Crippen LogP contribution is -2.26. The first kappa shape index (κ1) is 12.1. The monoisotopic (exact) mass is 233 g/mol. The molecule has 0 spiro atoms. The average molecular weight is 233 g/mol. The minimum Gasteiger partial charge on any atom is -0.496 e. The second-order valence-corrected chi connectivity index (χ2v) is 4.60. The summed E-state index contributed by atoms with van der Waals surface area (Å²) in [5.74, 6) is 1.83. The van der Waals surface area contributed by atoms with Crippen molar-refractivity contribution in [3.63, 3.8) is 0 Å². The van der Waals surface area contributed by atoms with Crippen molar-refractivity contribution in [2.24, 2.45) is 5.92 Å². The number of hydrogen-bond donors (Lipinski definition) is 1. The van der Waals surface area contributed by atoms with Crippen molar-refractivity contribution in [2.45, 2.75) is 19.3 Å². The van der Waals surface area contributed by atoms with Crippen molar-refractivity contribution in [3.05, 3.63) is 29.8 Å². The molecule has 1 aliphatic rings. The quantitative estimate of drug-likeness (QED) is 0.780. The van der Waals surface area contributed by atoms with Gasteiger partial charge in [-0.25, -0.2) is 0 Å². The third-order valence-corrected chi connectivity index (χ3v) is 3.03. The Labute approximate surface area is 102 Å². The van der Waals surface area contributed by atoms with Crippen LogP contribution in [-0.4, -0.2) is 26.0 Å². The molecule has 0 radical (unpaired) electrons. The van der Waals surface area contributed by atoms with E-state index in [-0.39, 0.29) is 5.78 Å². The maximum absolute atomic E-state index is 11.8. The number of Topliss-reactive ketones (excluding diaryl/α,β-unsaturated/α-hetero) is 1. The molecule has 3 heteroatoms. The summed E-state index contributed by atoms with van der Waals surface area (Å²) >= 11 is 0. The molecule has 17 heavy (non-hydrogen) atoms. The molecular formula is C14H19NO2. The summed E-state index contributed by atoms with van der Waals surface area (Å²) in [5, 5.41) is 3.21. The number of hydrogen-bond acceptors (Lipinski definition) is 3. The van der Waals surface area contributed by atoms with Crippen LogP contribution in [0.25, 0.3) is 0 Å². The molecule has 0 bridgehead atoms. The topological polar surface area (TPSA) is 38.3 Å². The van der Waals surface area contributed by atoms with E-state index in [9.17, 15) is 4.79 Å². The van der Waals surface area contributed by atoms with Gasteiger partial charge in [0.25, 0.3) is 0 Å². The highest BCUT2D eigenvalue weighted by Crippen LogP contribution is 2.27. The molecular weight excluding hydrogens is 214 g/mol. The van der Waals surface area contributed by atoms with Gasteiger partial charge in [-0.15, -0.1) is 0 Å². The van der Waals surface area contributed by atoms with Crippen molar-refractivity contribution in [3.8, 4) is 5.75 Å². The maximum Gasteiger partial charge on any atom is 0.151 e. The Morgan fingerprint density at radius 2 is 2.18 bits per heavy atom. The predicted molar refractivity (Wildman–Crippen MR) is 67.3 cm³/mol. The van der Waals surface area contributed by atoms with Gasteiger partial charge in [0.05, 0.1) is 13.7 Å². The van der Waals surface area contributed by atoms with Crippen LogP contribution in [0.2, 0.25) is 0 Å². The highest BCUT2D eigenvalue weighted by Gasteiger charge is 2.20. The van der Waals surface area contributed by atoms with Gasteiger partial charge in [0.1, 0.15) is 5.75 Å². The lowest BCUT2D eigenvalue weighted by atomic mass is 10.1. The average Bonchev–Trinajstić information content (AvgIpc) is 3.14. The van der Waals surface area contributed by atoms with E-state index in [1.54, 1.807) is 7.11 Å². The molecule has 1 saturated carbocycles. The summed E-state index contributed by atoms with van der Waals surface area (Å²) in [5.41, 5.74) is 0.966. The highest BCUT2D eigenvalue weighted by molar-refractivity contribution is 5.83. The van der Waals surface area contributed by atoms with Crippen molar-refractivity contribution < 1.29 is 9.53 Å². The molecule has 0 amide bonds. The highest BCUT2D eigenvalue weighted by atomic mass is 16.5. The van der Waals surface area contributed by atoms with Crippen molar-refractivity contribution in [2.75, 3.05) is 20.2 Å². The number of benzene rings is 1. The number of ether oxygens (including phenoxy) is 1. The van der Waals surface area contributed by atoms with Gasteiger partial charge in [-0.05, 0) is 31.4 Å². The summed E-state index contributed by atoms with van der Waals surface area (Å²) in [4.78, 5) is 11.8. The Balaban J connectivity index is 1.79. The van der Waals surface area contributed by atoms with Crippen LogP contribution in [-0.2, 0) is 11.2 Å². The first-order valence-corrected chi connectivity index (χ1v) is 6.14. The van der Waals surface area contributed by atoms with Gasteiger partial charge in [0.2, 0.25) is 0 Å². The first-order valence-electron chi connectivity index (χ1n) is 6.14. The van der Waals surface area contributed by atoms with Gasteiger partial charge in [-0.2, -0.15) is 0 Å². The van der Waals surface area contributed by atoms with Gasteiger partial charge in [0.15, 0.2) is 5.78 Å². The van der Waals surface area contributed by atoms with Gasteiger partial charge >= 0.3 is 0 Å². The van der Waals surface area contributed by atoms with Crippen molar-refractivity contribution in [1.29, 1.82) is 0 Å². The number of carbonyl (C=O) groups is 1. The molecule has 3 nitrogen and oxygen atoms in total. The predicted octanol–water partition coefficient (Wildman–Crippen LogP) is 1.81. The van der Waals surface area contributed by atoms with E-state index in [2.05, 4.69) is 5.32 Å². The van der Waals surface area contributed by atoms with E-state index < -0.39 is 0 Å². The number of carbonyl (C=O) groups excluding carboxylic acids is 1. The first-order chi connectivity index (χ1) is 8.29. The van der Waals surface area contributed by atoms with E-state index in [0.717, 1.165) is 23.8 Å². The number of methoxy groups -OCH3 is 1. The van der Waals surface area contributed by atoms with Crippen LogP contribution in [0.3, 0.4) is 0 Å². The minimum atomic E-state index is 0.218. The Kier molecular flexibility index (Phi) is 4.15. The molecule has 1 fully saturated rings. The molecule has 92 valence electrons. The summed E-state index contributed by atoms with van der Waals surface area (Å²) < 4.78 is 5.23. The maximum atomic E-state index is 11.8. The zero-order valence-electron chi connectivity index (χ0n) is 10.2. The number of rotatable bonds is 7. The normalized spacial score (nSPS) is 14.6.